The van der Waals surface area contributed by atoms with Crippen LogP contribution in [-0.4, -0.2) is 20.2 Å². The number of nitrogens with two attached hydrogens (primary N) is 1. The molecule has 2 N–H and O–H groups in total. The van der Waals surface area contributed by atoms with E-state index in [4.69, 9.17) is 17.3 Å². The van der Waals surface area contributed by atoms with Crippen molar-refractivity contribution in [3.05, 3.63) is 52.5 Å². The normalized spacial score (nSPS) is 10.8. The molecule has 3 aromatic rings. The molecule has 0 spiro atoms. The van der Waals surface area contributed by atoms with Gasteiger partial charge in [-0.25, -0.2) is 0 Å². The summed E-state index contributed by atoms with van der Waals surface area (Å²) in [5.74, 6) is 0.645. The summed E-state index contributed by atoms with van der Waals surface area (Å²) in [4.78, 5) is 0. The first kappa shape index (κ1) is 13.6. The van der Waals surface area contributed by atoms with Gasteiger partial charge in [0.1, 0.15) is 0 Å². The molecule has 0 bridgehead atoms. The van der Waals surface area contributed by atoms with Gasteiger partial charge in [-0.05, 0) is 59.7 Å². The van der Waals surface area contributed by atoms with Crippen molar-refractivity contribution in [3.8, 4) is 17.1 Å². The van der Waals surface area contributed by atoms with Gasteiger partial charge < -0.3 is 5.73 Å². The second kappa shape index (κ2) is 5.18. The van der Waals surface area contributed by atoms with Crippen molar-refractivity contribution < 1.29 is 0 Å². The lowest BCUT2D eigenvalue weighted by atomic mass is 10.1. The van der Waals surface area contributed by atoms with E-state index < -0.39 is 0 Å². The number of aromatic nitrogens is 4. The molecule has 21 heavy (non-hydrogen) atoms. The molecular weight excluding hydrogens is 286 g/mol. The van der Waals surface area contributed by atoms with Crippen molar-refractivity contribution in [3.63, 3.8) is 0 Å². The summed E-state index contributed by atoms with van der Waals surface area (Å²) >= 11 is 6.00. The number of anilines is 1. The molecular formula is C15H14ClN5. The first-order chi connectivity index (χ1) is 10.1. The number of benzene rings is 2. The fourth-order valence-electron chi connectivity index (χ4n) is 2.17. The fourth-order valence-corrected chi connectivity index (χ4v) is 2.39. The first-order valence-electron chi connectivity index (χ1n) is 6.47. The Kier molecular flexibility index (Phi) is 3.35. The quantitative estimate of drug-likeness (QED) is 0.738. The number of hydrogen-bond donors (Lipinski definition) is 1. The standard InChI is InChI=1S/C15H14ClN5/c1-9-3-4-11(8-13(9)17)15-18-19-20-21(15)14-6-5-12(16)7-10(14)2/h3-8H,17H2,1-2H3. The van der Waals surface area contributed by atoms with Gasteiger partial charge in [-0.2, -0.15) is 4.68 Å². The van der Waals surface area contributed by atoms with Gasteiger partial charge in [0.25, 0.3) is 0 Å². The van der Waals surface area contributed by atoms with E-state index in [9.17, 15) is 0 Å². The molecule has 5 nitrogen and oxygen atoms in total. The highest BCUT2D eigenvalue weighted by atomic mass is 35.5. The summed E-state index contributed by atoms with van der Waals surface area (Å²) in [7, 11) is 0. The van der Waals surface area contributed by atoms with E-state index in [1.807, 2.05) is 50.2 Å². The average Bonchev–Trinajstić information content (AvgIpc) is 2.91. The molecule has 0 amide bonds. The monoisotopic (exact) mass is 299 g/mol. The third kappa shape index (κ3) is 2.48. The largest absolute Gasteiger partial charge is 0.398 e. The zero-order chi connectivity index (χ0) is 15.0. The summed E-state index contributed by atoms with van der Waals surface area (Å²) in [6.45, 7) is 3.93. The van der Waals surface area contributed by atoms with Gasteiger partial charge in [0.15, 0.2) is 5.82 Å². The van der Waals surface area contributed by atoms with Gasteiger partial charge in [0.2, 0.25) is 0 Å². The van der Waals surface area contributed by atoms with Crippen molar-refractivity contribution in [1.82, 2.24) is 20.2 Å². The minimum absolute atomic E-state index is 0.645. The molecule has 0 atom stereocenters. The Bertz CT molecular complexity index is 810. The maximum Gasteiger partial charge on any atom is 0.187 e. The third-order valence-corrected chi connectivity index (χ3v) is 3.63. The van der Waals surface area contributed by atoms with Crippen LogP contribution in [0.1, 0.15) is 11.1 Å². The number of halogens is 1. The molecule has 0 saturated carbocycles. The highest BCUT2D eigenvalue weighted by Crippen LogP contribution is 2.25. The van der Waals surface area contributed by atoms with Gasteiger partial charge in [0.05, 0.1) is 5.69 Å². The zero-order valence-corrected chi connectivity index (χ0v) is 12.5. The van der Waals surface area contributed by atoms with Gasteiger partial charge in [-0.3, -0.25) is 0 Å². The molecule has 3 rings (SSSR count). The minimum atomic E-state index is 0.645. The first-order valence-corrected chi connectivity index (χ1v) is 6.85. The van der Waals surface area contributed by atoms with Crippen LogP contribution in [0, 0.1) is 13.8 Å². The van der Waals surface area contributed by atoms with Gasteiger partial charge >= 0.3 is 0 Å². The van der Waals surface area contributed by atoms with Crippen LogP contribution in [0.25, 0.3) is 17.1 Å². The number of rotatable bonds is 2. The van der Waals surface area contributed by atoms with Crippen molar-refractivity contribution in [1.29, 1.82) is 0 Å². The molecule has 2 aromatic carbocycles. The summed E-state index contributed by atoms with van der Waals surface area (Å²) in [6, 6.07) is 11.4. The second-order valence-electron chi connectivity index (χ2n) is 4.92. The Hall–Kier alpha value is -2.40. The summed E-state index contributed by atoms with van der Waals surface area (Å²) < 4.78 is 1.69. The Morgan fingerprint density at radius 1 is 1.05 bits per heavy atom. The van der Waals surface area contributed by atoms with Crippen molar-refractivity contribution >= 4 is 17.3 Å². The number of hydrogen-bond acceptors (Lipinski definition) is 4. The minimum Gasteiger partial charge on any atom is -0.398 e. The molecule has 1 aromatic heterocycles. The number of nitrogens with zero attached hydrogens (tertiary/aromatic N) is 4. The average molecular weight is 300 g/mol. The van der Waals surface area contributed by atoms with Crippen LogP contribution < -0.4 is 5.73 Å². The molecule has 0 aliphatic heterocycles. The number of aryl methyl sites for hydroxylation is 2. The Labute approximate surface area is 127 Å². The van der Waals surface area contributed by atoms with E-state index in [1.165, 1.54) is 0 Å². The summed E-state index contributed by atoms with van der Waals surface area (Å²) in [6.07, 6.45) is 0. The van der Waals surface area contributed by atoms with E-state index in [1.54, 1.807) is 4.68 Å². The smallest absolute Gasteiger partial charge is 0.187 e. The van der Waals surface area contributed by atoms with E-state index in [-0.39, 0.29) is 0 Å². The van der Waals surface area contributed by atoms with Crippen LogP contribution in [0.4, 0.5) is 5.69 Å². The molecule has 0 saturated heterocycles. The van der Waals surface area contributed by atoms with Crippen molar-refractivity contribution in [2.45, 2.75) is 13.8 Å². The third-order valence-electron chi connectivity index (χ3n) is 3.39. The highest BCUT2D eigenvalue weighted by Gasteiger charge is 2.13. The molecule has 6 heteroatoms. The molecule has 1 heterocycles. The van der Waals surface area contributed by atoms with Crippen molar-refractivity contribution in [2.75, 3.05) is 5.73 Å². The van der Waals surface area contributed by atoms with E-state index in [0.717, 1.165) is 28.1 Å². The Balaban J connectivity index is 2.14. The van der Waals surface area contributed by atoms with Crippen molar-refractivity contribution in [2.24, 2.45) is 0 Å². The van der Waals surface area contributed by atoms with Crippen LogP contribution >= 0.6 is 11.6 Å². The van der Waals surface area contributed by atoms with Gasteiger partial charge in [-0.1, -0.05) is 23.7 Å². The maximum atomic E-state index is 6.00. The lowest BCUT2D eigenvalue weighted by molar-refractivity contribution is 0.787. The predicted octanol–water partition coefficient (Wildman–Crippen LogP) is 3.18. The van der Waals surface area contributed by atoms with E-state index >= 15 is 0 Å². The van der Waals surface area contributed by atoms with Crippen LogP contribution in [0.15, 0.2) is 36.4 Å². The zero-order valence-electron chi connectivity index (χ0n) is 11.7. The maximum absolute atomic E-state index is 6.00. The number of tetrazole rings is 1. The lowest BCUT2D eigenvalue weighted by Gasteiger charge is -2.09. The molecule has 0 radical (unpaired) electrons. The van der Waals surface area contributed by atoms with E-state index in [2.05, 4.69) is 15.5 Å². The topological polar surface area (TPSA) is 69.6 Å². The van der Waals surface area contributed by atoms with Gasteiger partial charge in [0, 0.05) is 16.3 Å². The Morgan fingerprint density at radius 3 is 2.57 bits per heavy atom. The number of nitrogen functional groups attached to an aromatic ring is 1. The highest BCUT2D eigenvalue weighted by molar-refractivity contribution is 6.30. The molecule has 106 valence electrons. The lowest BCUT2D eigenvalue weighted by Crippen LogP contribution is -2.02. The molecule has 0 unspecified atom stereocenters. The SMILES string of the molecule is Cc1ccc(-c2nnnn2-c2ccc(Cl)cc2C)cc1N. The van der Waals surface area contributed by atoms with Crippen LogP contribution in [0.5, 0.6) is 0 Å². The summed E-state index contributed by atoms with van der Waals surface area (Å²) in [5, 5.41) is 12.7. The van der Waals surface area contributed by atoms with Gasteiger partial charge in [-0.15, -0.1) is 5.10 Å². The predicted molar refractivity (Wildman–Crippen MR) is 83.5 cm³/mol. The van der Waals surface area contributed by atoms with E-state index in [0.29, 0.717) is 10.8 Å². The van der Waals surface area contributed by atoms with Crippen LogP contribution in [-0.2, 0) is 0 Å². The molecule has 0 fully saturated rings. The second-order valence-corrected chi connectivity index (χ2v) is 5.35. The summed E-state index contributed by atoms with van der Waals surface area (Å²) in [5.41, 5.74) is 10.5. The fraction of sp³-hybridized carbons (Fsp3) is 0.133. The Morgan fingerprint density at radius 2 is 1.86 bits per heavy atom. The van der Waals surface area contributed by atoms with Crippen LogP contribution in [0.3, 0.4) is 0 Å². The van der Waals surface area contributed by atoms with Crippen LogP contribution in [0.2, 0.25) is 5.02 Å². The molecule has 0 aliphatic rings. The molecule has 0 aliphatic carbocycles.